The molecule has 0 aromatic carbocycles. The summed E-state index contributed by atoms with van der Waals surface area (Å²) in [5, 5.41) is 3.05. The molecule has 0 saturated carbocycles. The third-order valence-corrected chi connectivity index (χ3v) is 1.45. The van der Waals surface area contributed by atoms with Crippen LogP contribution < -0.4 is 5.32 Å². The lowest BCUT2D eigenvalue weighted by atomic mass is 10.1. The molecule has 0 spiro atoms. The Bertz CT molecular complexity index is 76.6. The summed E-state index contributed by atoms with van der Waals surface area (Å²) < 4.78 is 0. The summed E-state index contributed by atoms with van der Waals surface area (Å²) in [5.74, 6) is 0. The van der Waals surface area contributed by atoms with E-state index in [1.54, 1.807) is 0 Å². The van der Waals surface area contributed by atoms with E-state index in [2.05, 4.69) is 5.32 Å². The van der Waals surface area contributed by atoms with Gasteiger partial charge in [-0.1, -0.05) is 6.42 Å². The molecule has 0 aromatic heterocycles. The van der Waals surface area contributed by atoms with Crippen molar-refractivity contribution in [3.63, 3.8) is 0 Å². The molecule has 1 aliphatic heterocycles. The van der Waals surface area contributed by atoms with E-state index in [0.29, 0.717) is 0 Å². The molecule has 1 atom stereocenters. The molecule has 2 nitrogen and oxygen atoms in total. The van der Waals surface area contributed by atoms with Crippen molar-refractivity contribution in [1.82, 2.24) is 5.32 Å². The summed E-state index contributed by atoms with van der Waals surface area (Å²) in [4.78, 5) is 9.97. The van der Waals surface area contributed by atoms with Gasteiger partial charge >= 0.3 is 0 Å². The van der Waals surface area contributed by atoms with Crippen LogP contribution in [0.3, 0.4) is 0 Å². The molecule has 0 aliphatic carbocycles. The van der Waals surface area contributed by atoms with Gasteiger partial charge in [-0.25, -0.2) is 0 Å². The summed E-state index contributed by atoms with van der Waals surface area (Å²) >= 11 is 0. The Balaban J connectivity index is 2.22. The highest BCUT2D eigenvalue weighted by Crippen LogP contribution is 2.03. The second kappa shape index (κ2) is 2.82. The van der Waals surface area contributed by atoms with Crippen molar-refractivity contribution in [1.29, 1.82) is 0 Å². The molecule has 0 bridgehead atoms. The number of hydrogen-bond donors (Lipinski definition) is 1. The molecule has 0 aromatic rings. The first-order valence-electron chi connectivity index (χ1n) is 3.04. The van der Waals surface area contributed by atoms with E-state index < -0.39 is 0 Å². The van der Waals surface area contributed by atoms with Crippen molar-refractivity contribution < 1.29 is 4.79 Å². The van der Waals surface area contributed by atoms with E-state index in [1.165, 1.54) is 12.8 Å². The second-order valence-electron chi connectivity index (χ2n) is 2.12. The minimum absolute atomic E-state index is 0.0312. The Morgan fingerprint density at radius 3 is 2.75 bits per heavy atom. The molecule has 1 N–H and O–H groups in total. The van der Waals surface area contributed by atoms with E-state index in [9.17, 15) is 4.79 Å². The summed E-state index contributed by atoms with van der Waals surface area (Å²) in [7, 11) is 0. The van der Waals surface area contributed by atoms with E-state index >= 15 is 0 Å². The Morgan fingerprint density at radius 1 is 1.50 bits per heavy atom. The summed E-state index contributed by atoms with van der Waals surface area (Å²) in [6.45, 7) is 0.986. The smallest absolute Gasteiger partial charge is 0.216 e. The molecule has 0 amide bonds. The third-order valence-electron chi connectivity index (χ3n) is 1.45. The van der Waals surface area contributed by atoms with Crippen LogP contribution in [0.1, 0.15) is 19.3 Å². The lowest BCUT2D eigenvalue weighted by Crippen LogP contribution is -2.34. The minimum Gasteiger partial charge on any atom is -0.307 e. The van der Waals surface area contributed by atoms with Crippen molar-refractivity contribution in [2.75, 3.05) is 6.54 Å². The highest BCUT2D eigenvalue weighted by molar-refractivity contribution is 5.58. The van der Waals surface area contributed by atoms with Gasteiger partial charge in [0.2, 0.25) is 6.29 Å². The molecule has 1 radical (unpaired) electrons. The van der Waals surface area contributed by atoms with Crippen LogP contribution in [0, 0.1) is 0 Å². The maximum Gasteiger partial charge on any atom is 0.216 e. The average molecular weight is 112 g/mol. The van der Waals surface area contributed by atoms with Crippen molar-refractivity contribution in [3.05, 3.63) is 0 Å². The van der Waals surface area contributed by atoms with Crippen LogP contribution in [0.4, 0.5) is 0 Å². The lowest BCUT2D eigenvalue weighted by Gasteiger charge is -2.16. The van der Waals surface area contributed by atoms with Gasteiger partial charge in [0, 0.05) is 0 Å². The van der Waals surface area contributed by atoms with Crippen LogP contribution in [0.15, 0.2) is 0 Å². The molecule has 8 heavy (non-hydrogen) atoms. The number of piperidine rings is 1. The molecule has 1 aliphatic rings. The van der Waals surface area contributed by atoms with Crippen LogP contribution in [-0.4, -0.2) is 18.9 Å². The van der Waals surface area contributed by atoms with Gasteiger partial charge in [0.25, 0.3) is 0 Å². The Labute approximate surface area is 49.3 Å². The molecule has 45 valence electrons. The van der Waals surface area contributed by atoms with E-state index in [-0.39, 0.29) is 6.04 Å². The third kappa shape index (κ3) is 1.30. The molecule has 0 unspecified atom stereocenters. The fraction of sp³-hybridized carbons (Fsp3) is 0.833. The van der Waals surface area contributed by atoms with Crippen molar-refractivity contribution in [2.45, 2.75) is 25.3 Å². The first-order valence-corrected chi connectivity index (χ1v) is 3.04. The Morgan fingerprint density at radius 2 is 2.38 bits per heavy atom. The van der Waals surface area contributed by atoms with Gasteiger partial charge in [-0.3, -0.25) is 4.79 Å². The van der Waals surface area contributed by atoms with E-state index in [4.69, 9.17) is 0 Å². The molecule has 2 heteroatoms. The highest BCUT2D eigenvalue weighted by Gasteiger charge is 2.10. The van der Waals surface area contributed by atoms with E-state index in [1.807, 2.05) is 6.29 Å². The van der Waals surface area contributed by atoms with Crippen LogP contribution >= 0.6 is 0 Å². The van der Waals surface area contributed by atoms with Gasteiger partial charge in [-0.2, -0.15) is 0 Å². The van der Waals surface area contributed by atoms with E-state index in [0.717, 1.165) is 13.0 Å². The standard InChI is InChI=1S/C6H10NO/c8-5-6-3-1-2-4-7-6/h6-7H,1-4H2/t6-/m0/s1. The van der Waals surface area contributed by atoms with Crippen molar-refractivity contribution >= 4 is 6.29 Å². The predicted molar refractivity (Wildman–Crippen MR) is 31.3 cm³/mol. The van der Waals surface area contributed by atoms with Gasteiger partial charge in [0.1, 0.15) is 0 Å². The summed E-state index contributed by atoms with van der Waals surface area (Å²) in [5.41, 5.74) is 0. The SMILES string of the molecule is O=[C][C@@H]1CCCCN1. The molecular weight excluding hydrogens is 102 g/mol. The summed E-state index contributed by atoms with van der Waals surface area (Å²) in [6.07, 6.45) is 5.30. The first kappa shape index (κ1) is 5.76. The molecule has 1 rings (SSSR count). The number of rotatable bonds is 1. The van der Waals surface area contributed by atoms with Crippen LogP contribution in [-0.2, 0) is 4.79 Å². The fourth-order valence-electron chi connectivity index (χ4n) is 0.952. The normalized spacial score (nSPS) is 29.8. The largest absolute Gasteiger partial charge is 0.307 e. The number of hydrogen-bond acceptors (Lipinski definition) is 2. The molecule has 1 saturated heterocycles. The predicted octanol–water partition coefficient (Wildman–Crippen LogP) is 0.238. The van der Waals surface area contributed by atoms with Gasteiger partial charge in [0.15, 0.2) is 0 Å². The molecule has 1 fully saturated rings. The fourth-order valence-corrected chi connectivity index (χ4v) is 0.952. The monoisotopic (exact) mass is 112 g/mol. The average Bonchev–Trinajstić information content (AvgIpc) is 1.90. The zero-order valence-electron chi connectivity index (χ0n) is 4.81. The lowest BCUT2D eigenvalue weighted by molar-refractivity contribution is 0.443. The summed E-state index contributed by atoms with van der Waals surface area (Å²) in [6, 6.07) is 0.0312. The van der Waals surface area contributed by atoms with Gasteiger partial charge in [-0.15, -0.1) is 0 Å². The Hall–Kier alpha value is -0.370. The maximum atomic E-state index is 9.97. The zero-order chi connectivity index (χ0) is 5.82. The van der Waals surface area contributed by atoms with Crippen molar-refractivity contribution in [2.24, 2.45) is 0 Å². The maximum absolute atomic E-state index is 9.97. The molecule has 1 heterocycles. The van der Waals surface area contributed by atoms with Gasteiger partial charge in [0.05, 0.1) is 6.04 Å². The minimum atomic E-state index is 0.0312. The topological polar surface area (TPSA) is 29.1 Å². The first-order chi connectivity index (χ1) is 3.93. The number of carbonyl (C=O) groups excluding carboxylic acids is 1. The van der Waals surface area contributed by atoms with Crippen LogP contribution in [0.25, 0.3) is 0 Å². The zero-order valence-corrected chi connectivity index (χ0v) is 4.81. The number of nitrogens with one attached hydrogen (secondary N) is 1. The molecular formula is C6H10NO. The van der Waals surface area contributed by atoms with Crippen LogP contribution in [0.2, 0.25) is 0 Å². The Kier molecular flexibility index (Phi) is 2.03. The van der Waals surface area contributed by atoms with Crippen molar-refractivity contribution in [3.8, 4) is 0 Å². The quantitative estimate of drug-likeness (QED) is 0.526. The van der Waals surface area contributed by atoms with Crippen LogP contribution in [0.5, 0.6) is 0 Å². The van der Waals surface area contributed by atoms with Gasteiger partial charge < -0.3 is 5.32 Å². The highest BCUT2D eigenvalue weighted by atomic mass is 16.1. The van der Waals surface area contributed by atoms with Gasteiger partial charge in [-0.05, 0) is 19.4 Å². The second-order valence-corrected chi connectivity index (χ2v) is 2.12.